The Hall–Kier alpha value is -3.45. The number of benzene rings is 3. The van der Waals surface area contributed by atoms with Gasteiger partial charge in [-0.2, -0.15) is 13.2 Å². The van der Waals surface area contributed by atoms with Gasteiger partial charge in [0.05, 0.1) is 24.9 Å². The second-order valence-corrected chi connectivity index (χ2v) is 10.1. The molecule has 4 nitrogen and oxygen atoms in total. The first-order chi connectivity index (χ1) is 16.9. The number of nitrogens with zero attached hydrogens (tertiary/aromatic N) is 1. The van der Waals surface area contributed by atoms with Gasteiger partial charge in [-0.1, -0.05) is 80.6 Å². The molecule has 1 amide bonds. The Kier molecular flexibility index (Phi) is 6.80. The van der Waals surface area contributed by atoms with E-state index < -0.39 is 29.2 Å². The molecule has 1 aliphatic rings. The number of amides is 1. The molecule has 4 rings (SSSR count). The number of halogens is 3. The summed E-state index contributed by atoms with van der Waals surface area (Å²) >= 11 is 0. The predicted octanol–water partition coefficient (Wildman–Crippen LogP) is 6.49. The summed E-state index contributed by atoms with van der Waals surface area (Å²) in [6.45, 7) is 4.38. The highest BCUT2D eigenvalue weighted by molar-refractivity contribution is 5.77. The maximum Gasteiger partial charge on any atom is 0.416 e. The summed E-state index contributed by atoms with van der Waals surface area (Å²) in [5.74, 6) is -1.39. The first-order valence-electron chi connectivity index (χ1n) is 11.9. The van der Waals surface area contributed by atoms with Gasteiger partial charge in [0.2, 0.25) is 0 Å². The molecule has 0 bridgehead atoms. The van der Waals surface area contributed by atoms with Crippen LogP contribution in [0.5, 0.6) is 0 Å². The first-order valence-corrected chi connectivity index (χ1v) is 11.9. The third-order valence-electron chi connectivity index (χ3n) is 7.04. The Labute approximate surface area is 208 Å². The van der Waals surface area contributed by atoms with Gasteiger partial charge in [0.1, 0.15) is 12.6 Å². The van der Waals surface area contributed by atoms with E-state index in [0.29, 0.717) is 12.1 Å². The van der Waals surface area contributed by atoms with E-state index in [0.717, 1.165) is 28.8 Å². The summed E-state index contributed by atoms with van der Waals surface area (Å²) < 4.78 is 40.4. The highest BCUT2D eigenvalue weighted by atomic mass is 19.4. The fourth-order valence-electron chi connectivity index (χ4n) is 5.68. The Morgan fingerprint density at radius 3 is 2.28 bits per heavy atom. The van der Waals surface area contributed by atoms with Crippen molar-refractivity contribution in [3.63, 3.8) is 0 Å². The van der Waals surface area contributed by atoms with Gasteiger partial charge in [0.25, 0.3) is 0 Å². The van der Waals surface area contributed by atoms with Crippen molar-refractivity contribution in [3.8, 4) is 0 Å². The Morgan fingerprint density at radius 2 is 1.61 bits per heavy atom. The summed E-state index contributed by atoms with van der Waals surface area (Å²) in [6, 6.07) is 21.9. The number of carbonyl (C=O) groups excluding carboxylic acids is 1. The zero-order chi connectivity index (χ0) is 26.1. The number of fused-ring (bicyclic) bond motifs is 1. The van der Waals surface area contributed by atoms with Crippen molar-refractivity contribution in [1.29, 1.82) is 0 Å². The maximum atomic E-state index is 14.1. The molecule has 36 heavy (non-hydrogen) atoms. The topological polar surface area (TPSA) is 54.4 Å². The second-order valence-electron chi connectivity index (χ2n) is 10.1. The molecule has 0 saturated carbocycles. The number of aliphatic carboxylic acids is 1. The lowest BCUT2D eigenvalue weighted by atomic mass is 9.72. The quantitative estimate of drug-likeness (QED) is 0.397. The molecule has 2 atom stereocenters. The van der Waals surface area contributed by atoms with E-state index >= 15 is 0 Å². The lowest BCUT2D eigenvalue weighted by Crippen LogP contribution is -2.62. The van der Waals surface area contributed by atoms with Gasteiger partial charge in [0, 0.05) is 22.1 Å². The van der Waals surface area contributed by atoms with E-state index in [2.05, 4.69) is 0 Å². The van der Waals surface area contributed by atoms with Gasteiger partial charge >= 0.3 is 18.1 Å². The minimum Gasteiger partial charge on any atom is -0.481 e. The van der Waals surface area contributed by atoms with Crippen LogP contribution < -0.4 is 0 Å². The number of carbonyl (C=O) groups is 2. The standard InChI is InChI=1S/C29H28F3NO3/c1-28(2)19-33(25(34)15-16-26(35)36,18-20-9-8-12-22(17-20)29(30,31)32)27(21-10-4-3-5-11-21)23-13-6-7-14-24(23)28/h3-14,17,27H,15-16,18-19H2,1-2H3/p+1. The molecule has 1 N–H and O–H groups in total. The van der Waals surface area contributed by atoms with E-state index in [9.17, 15) is 27.9 Å². The van der Waals surface area contributed by atoms with E-state index in [4.69, 9.17) is 0 Å². The van der Waals surface area contributed by atoms with Crippen molar-refractivity contribution in [2.24, 2.45) is 0 Å². The molecule has 0 aromatic heterocycles. The van der Waals surface area contributed by atoms with Crippen molar-refractivity contribution >= 4 is 11.9 Å². The molecule has 0 aliphatic carbocycles. The van der Waals surface area contributed by atoms with Crippen molar-refractivity contribution in [1.82, 2.24) is 0 Å². The van der Waals surface area contributed by atoms with Crippen molar-refractivity contribution in [3.05, 3.63) is 107 Å². The van der Waals surface area contributed by atoms with Crippen LogP contribution in [0.25, 0.3) is 0 Å². The summed E-state index contributed by atoms with van der Waals surface area (Å²) in [5, 5.41) is 9.32. The lowest BCUT2D eigenvalue weighted by molar-refractivity contribution is -0.899. The third-order valence-corrected chi connectivity index (χ3v) is 7.04. The Morgan fingerprint density at radius 1 is 0.944 bits per heavy atom. The van der Waals surface area contributed by atoms with Gasteiger partial charge < -0.3 is 5.11 Å². The van der Waals surface area contributed by atoms with Crippen LogP contribution in [0.1, 0.15) is 60.5 Å². The number of hydrogen-bond donors (Lipinski definition) is 1. The van der Waals surface area contributed by atoms with Gasteiger partial charge in [-0.3, -0.25) is 4.79 Å². The molecule has 0 radical (unpaired) electrons. The molecule has 1 aliphatic heterocycles. The molecule has 0 saturated heterocycles. The van der Waals surface area contributed by atoms with Gasteiger partial charge in [-0.05, 0) is 17.7 Å². The highest BCUT2D eigenvalue weighted by Gasteiger charge is 2.54. The number of alkyl halides is 3. The number of hydrogen-bond acceptors (Lipinski definition) is 2. The fraction of sp³-hybridized carbons (Fsp3) is 0.310. The van der Waals surface area contributed by atoms with Gasteiger partial charge in [-0.15, -0.1) is 0 Å². The molecule has 7 heteroatoms. The molecule has 3 aromatic carbocycles. The van der Waals surface area contributed by atoms with Gasteiger partial charge in [-0.25, -0.2) is 9.28 Å². The SMILES string of the molecule is CC1(C)C[N+](Cc2cccc(C(F)(F)F)c2)(C(=O)CCC(=O)O)C(c2ccccc2)c2ccccc21. The van der Waals surface area contributed by atoms with Gasteiger partial charge in [0.15, 0.2) is 0 Å². The van der Waals surface area contributed by atoms with Crippen molar-refractivity contribution < 1.29 is 32.3 Å². The maximum absolute atomic E-state index is 14.1. The lowest BCUT2D eigenvalue weighted by Gasteiger charge is -2.51. The molecular weight excluding hydrogens is 467 g/mol. The monoisotopic (exact) mass is 496 g/mol. The molecule has 0 fully saturated rings. The summed E-state index contributed by atoms with van der Waals surface area (Å²) in [5.41, 5.74) is 1.98. The minimum absolute atomic E-state index is 0.0136. The zero-order valence-corrected chi connectivity index (χ0v) is 20.3. The number of carboxylic acid groups (broad SMARTS) is 1. The molecule has 3 aromatic rings. The molecule has 2 unspecified atom stereocenters. The van der Waals surface area contributed by atoms with Crippen LogP contribution in [-0.4, -0.2) is 28.0 Å². The predicted molar refractivity (Wildman–Crippen MR) is 130 cm³/mol. The molecule has 1 heterocycles. The van der Waals surface area contributed by atoms with Crippen molar-refractivity contribution in [2.45, 2.75) is 50.9 Å². The summed E-state index contributed by atoms with van der Waals surface area (Å²) in [7, 11) is 0. The fourth-order valence-corrected chi connectivity index (χ4v) is 5.68. The van der Waals surface area contributed by atoms with E-state index in [1.165, 1.54) is 6.07 Å². The third kappa shape index (κ3) is 4.93. The van der Waals surface area contributed by atoms with Crippen LogP contribution in [0.15, 0.2) is 78.9 Å². The zero-order valence-electron chi connectivity index (χ0n) is 20.3. The Bertz CT molecular complexity index is 1270. The summed E-state index contributed by atoms with van der Waals surface area (Å²) in [6.07, 6.45) is -5.07. The number of quaternary nitrogens is 1. The average Bonchev–Trinajstić information content (AvgIpc) is 2.82. The van der Waals surface area contributed by atoms with Crippen LogP contribution in [0, 0.1) is 0 Å². The number of rotatable bonds is 6. The smallest absolute Gasteiger partial charge is 0.416 e. The minimum atomic E-state index is -4.51. The summed E-state index contributed by atoms with van der Waals surface area (Å²) in [4.78, 5) is 25.5. The molecule has 0 spiro atoms. The van der Waals surface area contributed by atoms with Crippen LogP contribution >= 0.6 is 0 Å². The van der Waals surface area contributed by atoms with E-state index in [1.54, 1.807) is 6.07 Å². The van der Waals surface area contributed by atoms with Crippen LogP contribution in [0.2, 0.25) is 0 Å². The average molecular weight is 497 g/mol. The highest BCUT2D eigenvalue weighted by Crippen LogP contribution is 2.49. The van der Waals surface area contributed by atoms with Crippen LogP contribution in [0.3, 0.4) is 0 Å². The van der Waals surface area contributed by atoms with Crippen molar-refractivity contribution in [2.75, 3.05) is 6.54 Å². The first kappa shape index (κ1) is 25.6. The largest absolute Gasteiger partial charge is 0.481 e. The second kappa shape index (κ2) is 9.54. The van der Waals surface area contributed by atoms with E-state index in [1.807, 2.05) is 68.4 Å². The normalized spacial score (nSPS) is 21.0. The molecular formula is C29H29F3NO3+. The Balaban J connectivity index is 1.96. The molecule has 188 valence electrons. The van der Waals surface area contributed by atoms with Crippen LogP contribution in [0.4, 0.5) is 13.2 Å². The van der Waals surface area contributed by atoms with Crippen LogP contribution in [-0.2, 0) is 27.7 Å². The van der Waals surface area contributed by atoms with E-state index in [-0.39, 0.29) is 29.8 Å². The number of carboxylic acids is 1.